The summed E-state index contributed by atoms with van der Waals surface area (Å²) in [5, 5.41) is 7.25. The molecule has 0 saturated carbocycles. The average molecular weight is 152 g/mol. The monoisotopic (exact) mass is 152 g/mol. The van der Waals surface area contributed by atoms with Crippen molar-refractivity contribution in [1.82, 2.24) is 10.2 Å². The van der Waals surface area contributed by atoms with Crippen molar-refractivity contribution < 1.29 is 0 Å². The van der Waals surface area contributed by atoms with Crippen LogP contribution in [0.5, 0.6) is 0 Å². The summed E-state index contributed by atoms with van der Waals surface area (Å²) in [5.74, 6) is 0. The minimum atomic E-state index is 0.171. The van der Waals surface area contributed by atoms with E-state index in [4.69, 9.17) is 0 Å². The molecule has 0 unspecified atom stereocenters. The van der Waals surface area contributed by atoms with E-state index in [1.54, 1.807) is 0 Å². The van der Waals surface area contributed by atoms with Gasteiger partial charge in [0.2, 0.25) is 0 Å². The third-order valence-electron chi connectivity index (χ3n) is 1.78. The molecular weight excluding hydrogens is 136 g/mol. The molecule has 0 aliphatic rings. The van der Waals surface area contributed by atoms with Gasteiger partial charge >= 0.3 is 0 Å². The predicted octanol–water partition coefficient (Wildman–Crippen LogP) is 2.27. The normalized spacial score (nSPS) is 12.0. The van der Waals surface area contributed by atoms with E-state index in [2.05, 4.69) is 44.0 Å². The van der Waals surface area contributed by atoms with Gasteiger partial charge in [-0.2, -0.15) is 5.10 Å². The van der Waals surface area contributed by atoms with Crippen molar-refractivity contribution in [3.8, 4) is 0 Å². The lowest BCUT2D eigenvalue weighted by Gasteiger charge is -2.13. The first-order chi connectivity index (χ1) is 5.04. The quantitative estimate of drug-likeness (QED) is 0.657. The zero-order valence-electron chi connectivity index (χ0n) is 7.73. The summed E-state index contributed by atoms with van der Waals surface area (Å²) >= 11 is 0. The first-order valence-corrected chi connectivity index (χ1v) is 4.09. The van der Waals surface area contributed by atoms with Gasteiger partial charge < -0.3 is 0 Å². The number of rotatable bonds is 1. The molecule has 1 rings (SSSR count). The van der Waals surface area contributed by atoms with Gasteiger partial charge in [-0.1, -0.05) is 27.7 Å². The highest BCUT2D eigenvalue weighted by Gasteiger charge is 2.16. The summed E-state index contributed by atoms with van der Waals surface area (Å²) in [7, 11) is 0. The van der Waals surface area contributed by atoms with Crippen molar-refractivity contribution in [2.45, 2.75) is 39.5 Å². The van der Waals surface area contributed by atoms with Gasteiger partial charge in [-0.3, -0.25) is 5.10 Å². The number of nitrogens with zero attached hydrogens (tertiary/aromatic N) is 1. The van der Waals surface area contributed by atoms with Crippen LogP contribution in [0.15, 0.2) is 6.07 Å². The minimum Gasteiger partial charge on any atom is -0.282 e. The summed E-state index contributed by atoms with van der Waals surface area (Å²) in [4.78, 5) is 0. The summed E-state index contributed by atoms with van der Waals surface area (Å²) < 4.78 is 0. The Labute approximate surface area is 68.0 Å². The molecule has 1 aromatic heterocycles. The van der Waals surface area contributed by atoms with E-state index in [1.807, 2.05) is 0 Å². The number of aromatic nitrogens is 2. The Hall–Kier alpha value is -0.790. The third-order valence-corrected chi connectivity index (χ3v) is 1.78. The topological polar surface area (TPSA) is 28.7 Å². The van der Waals surface area contributed by atoms with Gasteiger partial charge in [0.1, 0.15) is 0 Å². The van der Waals surface area contributed by atoms with Gasteiger partial charge in [0.05, 0.1) is 5.69 Å². The molecule has 1 N–H and O–H groups in total. The molecule has 0 aromatic carbocycles. The lowest BCUT2D eigenvalue weighted by Crippen LogP contribution is -2.11. The Balaban J connectivity index is 2.89. The maximum atomic E-state index is 4.23. The second-order valence-corrected chi connectivity index (χ2v) is 3.88. The standard InChI is InChI=1S/C9H16N2/c1-5-7-6-8(11-10-7)9(2,3)4/h6H,5H2,1-4H3,(H,10,11). The molecule has 0 bridgehead atoms. The number of hydrogen-bond donors (Lipinski definition) is 1. The fourth-order valence-corrected chi connectivity index (χ4v) is 0.927. The molecule has 11 heavy (non-hydrogen) atoms. The Bertz CT molecular complexity index is 230. The van der Waals surface area contributed by atoms with Crippen molar-refractivity contribution in [3.63, 3.8) is 0 Å². The van der Waals surface area contributed by atoms with Crippen molar-refractivity contribution in [2.75, 3.05) is 0 Å². The lowest BCUT2D eigenvalue weighted by atomic mass is 9.92. The zero-order valence-corrected chi connectivity index (χ0v) is 7.73. The van der Waals surface area contributed by atoms with E-state index in [0.717, 1.165) is 12.1 Å². The average Bonchev–Trinajstić information content (AvgIpc) is 2.32. The molecule has 2 heteroatoms. The number of H-pyrrole nitrogens is 1. The second-order valence-electron chi connectivity index (χ2n) is 3.88. The van der Waals surface area contributed by atoms with Crippen LogP contribution in [0.3, 0.4) is 0 Å². The van der Waals surface area contributed by atoms with Gasteiger partial charge in [-0.05, 0) is 12.5 Å². The Morgan fingerprint density at radius 3 is 2.36 bits per heavy atom. The Morgan fingerprint density at radius 2 is 2.09 bits per heavy atom. The third kappa shape index (κ3) is 1.82. The molecule has 1 heterocycles. The van der Waals surface area contributed by atoms with Crippen LogP contribution in [0.4, 0.5) is 0 Å². The van der Waals surface area contributed by atoms with Crippen LogP contribution in [-0.4, -0.2) is 10.2 Å². The van der Waals surface area contributed by atoms with Crippen LogP contribution in [-0.2, 0) is 11.8 Å². The highest BCUT2D eigenvalue weighted by Crippen LogP contribution is 2.20. The first kappa shape index (κ1) is 8.31. The largest absolute Gasteiger partial charge is 0.282 e. The number of aryl methyl sites for hydroxylation is 1. The molecule has 0 aliphatic heterocycles. The maximum Gasteiger partial charge on any atom is 0.0678 e. The van der Waals surface area contributed by atoms with E-state index < -0.39 is 0 Å². The van der Waals surface area contributed by atoms with Crippen molar-refractivity contribution in [2.24, 2.45) is 0 Å². The van der Waals surface area contributed by atoms with Crippen molar-refractivity contribution >= 4 is 0 Å². The van der Waals surface area contributed by atoms with Crippen LogP contribution in [0, 0.1) is 0 Å². The highest BCUT2D eigenvalue weighted by molar-refractivity contribution is 5.15. The Kier molecular flexibility index (Phi) is 2.03. The molecule has 0 fully saturated rings. The van der Waals surface area contributed by atoms with Crippen molar-refractivity contribution in [3.05, 3.63) is 17.5 Å². The van der Waals surface area contributed by atoms with Crippen LogP contribution in [0.2, 0.25) is 0 Å². The molecule has 0 radical (unpaired) electrons. The molecular formula is C9H16N2. The smallest absolute Gasteiger partial charge is 0.0678 e. The predicted molar refractivity (Wildman–Crippen MR) is 46.7 cm³/mol. The van der Waals surface area contributed by atoms with E-state index >= 15 is 0 Å². The molecule has 0 aliphatic carbocycles. The van der Waals surface area contributed by atoms with E-state index in [1.165, 1.54) is 5.69 Å². The molecule has 0 saturated heterocycles. The highest BCUT2D eigenvalue weighted by atomic mass is 15.1. The summed E-state index contributed by atoms with van der Waals surface area (Å²) in [5.41, 5.74) is 2.54. The maximum absolute atomic E-state index is 4.23. The summed E-state index contributed by atoms with van der Waals surface area (Å²) in [6.07, 6.45) is 1.03. The van der Waals surface area contributed by atoms with E-state index in [0.29, 0.717) is 0 Å². The fourth-order valence-electron chi connectivity index (χ4n) is 0.927. The van der Waals surface area contributed by atoms with Crippen LogP contribution in [0.1, 0.15) is 39.1 Å². The molecule has 1 aromatic rings. The van der Waals surface area contributed by atoms with Crippen LogP contribution in [0.25, 0.3) is 0 Å². The molecule has 2 nitrogen and oxygen atoms in total. The van der Waals surface area contributed by atoms with Gasteiger partial charge in [-0.15, -0.1) is 0 Å². The van der Waals surface area contributed by atoms with Crippen molar-refractivity contribution in [1.29, 1.82) is 0 Å². The number of nitrogens with one attached hydrogen (secondary N) is 1. The van der Waals surface area contributed by atoms with Crippen LogP contribution < -0.4 is 0 Å². The van der Waals surface area contributed by atoms with Crippen LogP contribution >= 0.6 is 0 Å². The van der Waals surface area contributed by atoms with E-state index in [-0.39, 0.29) is 5.41 Å². The van der Waals surface area contributed by atoms with Gasteiger partial charge in [0.15, 0.2) is 0 Å². The summed E-state index contributed by atoms with van der Waals surface area (Å²) in [6.45, 7) is 8.63. The molecule has 62 valence electrons. The fraction of sp³-hybridized carbons (Fsp3) is 0.667. The first-order valence-electron chi connectivity index (χ1n) is 4.09. The lowest BCUT2D eigenvalue weighted by molar-refractivity contribution is 0.567. The zero-order chi connectivity index (χ0) is 8.48. The molecule has 0 atom stereocenters. The summed E-state index contributed by atoms with van der Waals surface area (Å²) in [6, 6.07) is 2.14. The molecule has 0 spiro atoms. The van der Waals surface area contributed by atoms with Gasteiger partial charge in [0.25, 0.3) is 0 Å². The Morgan fingerprint density at radius 1 is 1.45 bits per heavy atom. The number of aromatic amines is 1. The SMILES string of the molecule is CCc1cc(C(C)(C)C)n[nH]1. The minimum absolute atomic E-state index is 0.171. The number of hydrogen-bond acceptors (Lipinski definition) is 1. The molecule has 0 amide bonds. The van der Waals surface area contributed by atoms with Gasteiger partial charge in [0, 0.05) is 11.1 Å². The second kappa shape index (κ2) is 2.68. The van der Waals surface area contributed by atoms with E-state index in [9.17, 15) is 0 Å². The van der Waals surface area contributed by atoms with Gasteiger partial charge in [-0.25, -0.2) is 0 Å².